The Balaban J connectivity index is 1.80. The third-order valence-electron chi connectivity index (χ3n) is 6.14. The highest BCUT2D eigenvalue weighted by molar-refractivity contribution is 5.96. The number of carbonyl (C=O) groups excluding carboxylic acids is 3. The first-order valence-corrected chi connectivity index (χ1v) is 13.0. The van der Waals surface area contributed by atoms with E-state index in [1.54, 1.807) is 26.2 Å². The largest absolute Gasteiger partial charge is 0.453 e. The molecule has 1 unspecified atom stereocenters. The van der Waals surface area contributed by atoms with E-state index < -0.39 is 35.2 Å². The maximum Gasteiger partial charge on any atom is 0.407 e. The van der Waals surface area contributed by atoms with Gasteiger partial charge in [0.25, 0.3) is 5.56 Å². The van der Waals surface area contributed by atoms with Crippen molar-refractivity contribution in [3.8, 4) is 0 Å². The Morgan fingerprint density at radius 1 is 1.24 bits per heavy atom. The lowest BCUT2D eigenvalue weighted by Gasteiger charge is -2.17. The zero-order valence-electron chi connectivity index (χ0n) is 23.6. The van der Waals surface area contributed by atoms with Crippen LogP contribution in [0, 0.1) is 17.6 Å². The number of anilines is 1. The molecule has 0 saturated heterocycles. The first-order valence-electron chi connectivity index (χ1n) is 13.0. The van der Waals surface area contributed by atoms with Crippen LogP contribution in [-0.4, -0.2) is 64.6 Å². The Bertz CT molecular complexity index is 1510. The van der Waals surface area contributed by atoms with Crippen LogP contribution in [-0.2, 0) is 27.3 Å². The number of ether oxygens (including phenoxy) is 1. The number of benzene rings is 1. The van der Waals surface area contributed by atoms with E-state index in [9.17, 15) is 28.0 Å². The number of alkyl carbamates (subject to hydrolysis) is 1. The molecule has 3 N–H and O–H groups in total. The summed E-state index contributed by atoms with van der Waals surface area (Å²) < 4.78 is 34.6. The Labute approximate surface area is 235 Å². The van der Waals surface area contributed by atoms with Gasteiger partial charge in [0, 0.05) is 31.9 Å². The van der Waals surface area contributed by atoms with Gasteiger partial charge in [-0.25, -0.2) is 18.6 Å². The lowest BCUT2D eigenvalue weighted by Crippen LogP contribution is -2.44. The smallest absolute Gasteiger partial charge is 0.407 e. The molecule has 0 saturated carbocycles. The maximum atomic E-state index is 14.5. The average molecular weight is 573 g/mol. The molecule has 0 aliphatic rings. The fourth-order valence-electron chi connectivity index (χ4n) is 4.08. The summed E-state index contributed by atoms with van der Waals surface area (Å²) in [5.74, 6) is -2.46. The van der Waals surface area contributed by atoms with Crippen LogP contribution >= 0.6 is 0 Å². The van der Waals surface area contributed by atoms with Crippen molar-refractivity contribution in [2.75, 3.05) is 26.5 Å². The highest BCUT2D eigenvalue weighted by Crippen LogP contribution is 2.25. The van der Waals surface area contributed by atoms with Crippen molar-refractivity contribution in [2.45, 2.75) is 45.7 Å². The number of pyridine rings is 1. The van der Waals surface area contributed by atoms with Gasteiger partial charge in [-0.3, -0.25) is 14.4 Å². The minimum absolute atomic E-state index is 0.0545. The number of methoxy groups -OCH3 is 1. The molecule has 0 fully saturated rings. The monoisotopic (exact) mass is 572 g/mol. The third-order valence-corrected chi connectivity index (χ3v) is 6.14. The molecule has 3 amide bonds. The Kier molecular flexibility index (Phi) is 10.3. The van der Waals surface area contributed by atoms with Gasteiger partial charge in [-0.05, 0) is 43.4 Å². The maximum absolute atomic E-state index is 14.5. The van der Waals surface area contributed by atoms with Crippen molar-refractivity contribution in [1.82, 2.24) is 24.8 Å². The minimum Gasteiger partial charge on any atom is -0.453 e. The van der Waals surface area contributed by atoms with E-state index in [1.165, 1.54) is 27.8 Å². The summed E-state index contributed by atoms with van der Waals surface area (Å²) in [6.07, 6.45) is 4.28. The molecule has 13 heteroatoms. The molecule has 0 aliphatic carbocycles. The fourth-order valence-corrected chi connectivity index (χ4v) is 4.08. The summed E-state index contributed by atoms with van der Waals surface area (Å²) in [6.45, 7) is 3.71. The summed E-state index contributed by atoms with van der Waals surface area (Å²) in [7, 11) is 4.36. The SMILES string of the molecule is COC(=O)NC(CC/C=C/C(=O)N(C)C)C(=O)Nc1cccn(Cc2nc3c(CC(C)C)c(F)c(F)cc3[nH]2)c1=O. The van der Waals surface area contributed by atoms with Gasteiger partial charge in [-0.15, -0.1) is 0 Å². The van der Waals surface area contributed by atoms with Crippen molar-refractivity contribution in [3.63, 3.8) is 0 Å². The van der Waals surface area contributed by atoms with E-state index in [4.69, 9.17) is 0 Å². The predicted octanol–water partition coefficient (Wildman–Crippen LogP) is 3.34. The number of amides is 3. The average Bonchev–Trinajstić information content (AvgIpc) is 3.31. The van der Waals surface area contributed by atoms with Crippen molar-refractivity contribution < 1.29 is 27.9 Å². The number of halogens is 2. The van der Waals surface area contributed by atoms with E-state index in [0.29, 0.717) is 16.9 Å². The Morgan fingerprint density at radius 2 is 1.98 bits per heavy atom. The molecule has 0 radical (unpaired) electrons. The van der Waals surface area contributed by atoms with E-state index in [-0.39, 0.29) is 48.9 Å². The van der Waals surface area contributed by atoms with Crippen LogP contribution in [0.3, 0.4) is 0 Å². The van der Waals surface area contributed by atoms with Gasteiger partial charge in [0.1, 0.15) is 17.6 Å². The summed E-state index contributed by atoms with van der Waals surface area (Å²) in [5.41, 5.74) is 0.153. The number of nitrogens with one attached hydrogen (secondary N) is 3. The van der Waals surface area contributed by atoms with Crippen LogP contribution in [0.4, 0.5) is 19.3 Å². The van der Waals surface area contributed by atoms with Crippen LogP contribution < -0.4 is 16.2 Å². The van der Waals surface area contributed by atoms with Crippen molar-refractivity contribution in [1.29, 1.82) is 0 Å². The fraction of sp³-hybridized carbons (Fsp3) is 0.393. The number of aromatic amines is 1. The quantitative estimate of drug-likeness (QED) is 0.301. The van der Waals surface area contributed by atoms with Gasteiger partial charge in [0.05, 0.1) is 24.7 Å². The second kappa shape index (κ2) is 13.7. The van der Waals surface area contributed by atoms with Gasteiger partial charge in [-0.2, -0.15) is 0 Å². The number of fused-ring (bicyclic) bond motifs is 1. The van der Waals surface area contributed by atoms with Crippen LogP contribution in [0.15, 0.2) is 41.3 Å². The highest BCUT2D eigenvalue weighted by Gasteiger charge is 2.22. The molecule has 3 aromatic rings. The molecular formula is C28H34F2N6O5. The number of H-pyrrole nitrogens is 1. The second-order valence-corrected chi connectivity index (χ2v) is 10.1. The molecule has 0 spiro atoms. The Hall–Kier alpha value is -4.55. The molecule has 2 heterocycles. The molecule has 220 valence electrons. The molecule has 2 aromatic heterocycles. The molecule has 1 atom stereocenters. The first-order chi connectivity index (χ1) is 19.4. The minimum atomic E-state index is -1.06. The van der Waals surface area contributed by atoms with Gasteiger partial charge in [0.2, 0.25) is 11.8 Å². The predicted molar refractivity (Wildman–Crippen MR) is 149 cm³/mol. The molecule has 11 nitrogen and oxygen atoms in total. The van der Waals surface area contributed by atoms with Gasteiger partial charge >= 0.3 is 6.09 Å². The lowest BCUT2D eigenvalue weighted by atomic mass is 10.0. The van der Waals surface area contributed by atoms with Gasteiger partial charge in [-0.1, -0.05) is 19.9 Å². The Morgan fingerprint density at radius 3 is 2.63 bits per heavy atom. The standard InChI is InChI=1S/C28H34F2N6O5/c1-16(2)13-17-24(30)18(29)14-21-25(17)34-22(31-21)15-36-12-8-10-20(27(36)39)32-26(38)19(33-28(40)41-5)9-6-7-11-23(37)35(3)4/h7-8,10-12,14,16,19H,6,9,13,15H2,1-5H3,(H,31,34)(H,32,38)(H,33,40)/b11-7+. The van der Waals surface area contributed by atoms with Crippen LogP contribution in [0.25, 0.3) is 11.0 Å². The summed E-state index contributed by atoms with van der Waals surface area (Å²) in [4.78, 5) is 58.5. The third kappa shape index (κ3) is 7.99. The number of rotatable bonds is 11. The zero-order valence-corrected chi connectivity index (χ0v) is 23.6. The number of aromatic nitrogens is 3. The molecular weight excluding hydrogens is 538 g/mol. The topological polar surface area (TPSA) is 138 Å². The summed E-state index contributed by atoms with van der Waals surface area (Å²) in [5, 5.41) is 4.96. The van der Waals surface area contributed by atoms with E-state index in [0.717, 1.165) is 13.2 Å². The van der Waals surface area contributed by atoms with Crippen LogP contribution in [0.5, 0.6) is 0 Å². The molecule has 1 aromatic carbocycles. The van der Waals surface area contributed by atoms with Crippen molar-refractivity contribution >= 4 is 34.6 Å². The van der Waals surface area contributed by atoms with Crippen LogP contribution in [0.2, 0.25) is 0 Å². The van der Waals surface area contributed by atoms with E-state index in [2.05, 4.69) is 25.3 Å². The summed E-state index contributed by atoms with van der Waals surface area (Å²) >= 11 is 0. The number of allylic oxidation sites excluding steroid dienone is 1. The molecule has 3 rings (SSSR count). The number of imidazole rings is 1. The number of hydrogen-bond donors (Lipinski definition) is 3. The normalized spacial score (nSPS) is 12.1. The zero-order chi connectivity index (χ0) is 30.3. The highest BCUT2D eigenvalue weighted by atomic mass is 19.2. The van der Waals surface area contributed by atoms with E-state index in [1.807, 2.05) is 13.8 Å². The number of hydrogen-bond acceptors (Lipinski definition) is 6. The van der Waals surface area contributed by atoms with Gasteiger partial charge < -0.3 is 29.8 Å². The molecule has 0 aliphatic heterocycles. The number of likely N-dealkylation sites (N-methyl/N-ethyl adjacent to an activating group) is 1. The second-order valence-electron chi connectivity index (χ2n) is 10.1. The molecule has 41 heavy (non-hydrogen) atoms. The lowest BCUT2D eigenvalue weighted by molar-refractivity contribution is -0.123. The molecule has 0 bridgehead atoms. The van der Waals surface area contributed by atoms with Crippen LogP contribution in [0.1, 0.15) is 38.1 Å². The van der Waals surface area contributed by atoms with Crippen molar-refractivity contribution in [3.05, 3.63) is 69.9 Å². The number of carbonyl (C=O) groups is 3. The van der Waals surface area contributed by atoms with Gasteiger partial charge in [0.15, 0.2) is 11.6 Å². The van der Waals surface area contributed by atoms with Crippen molar-refractivity contribution in [2.24, 2.45) is 5.92 Å². The van der Waals surface area contributed by atoms with E-state index >= 15 is 0 Å². The first kappa shape index (κ1) is 31.0. The summed E-state index contributed by atoms with van der Waals surface area (Å²) in [6, 6.07) is 2.92. The number of nitrogens with zero attached hydrogens (tertiary/aromatic N) is 3.